The van der Waals surface area contributed by atoms with Crippen LogP contribution in [0.4, 0.5) is 5.69 Å². The molecule has 0 spiro atoms. The minimum Gasteiger partial charge on any atom is -0.370 e. The fraction of sp³-hybridized carbons (Fsp3) is 0.294. The maximum Gasteiger partial charge on any atom is 0.0459 e. The Balaban J connectivity index is 2.12. The van der Waals surface area contributed by atoms with Crippen molar-refractivity contribution in [2.75, 3.05) is 11.9 Å². The summed E-state index contributed by atoms with van der Waals surface area (Å²) in [6, 6.07) is 14.6. The minimum atomic E-state index is 0.118. The van der Waals surface area contributed by atoms with Crippen molar-refractivity contribution in [2.24, 2.45) is 5.73 Å². The van der Waals surface area contributed by atoms with Crippen LogP contribution >= 0.6 is 27.5 Å². The monoisotopic (exact) mass is 366 g/mol. The van der Waals surface area contributed by atoms with Crippen molar-refractivity contribution in [3.63, 3.8) is 0 Å². The number of halogens is 2. The first-order valence-corrected chi connectivity index (χ1v) is 8.12. The Bertz CT molecular complexity index is 613. The Morgan fingerprint density at radius 2 is 2.00 bits per heavy atom. The Morgan fingerprint density at radius 1 is 1.24 bits per heavy atom. The first-order chi connectivity index (χ1) is 9.95. The molecule has 2 aromatic carbocycles. The van der Waals surface area contributed by atoms with Crippen LogP contribution in [0.5, 0.6) is 0 Å². The molecule has 2 rings (SSSR count). The fourth-order valence-electron chi connectivity index (χ4n) is 2.29. The largest absolute Gasteiger partial charge is 0.370 e. The fourth-order valence-corrected chi connectivity index (χ4v) is 2.99. The van der Waals surface area contributed by atoms with Gasteiger partial charge in [0, 0.05) is 34.8 Å². The lowest BCUT2D eigenvalue weighted by Crippen LogP contribution is -2.19. The molecule has 0 radical (unpaired) electrons. The van der Waals surface area contributed by atoms with Crippen molar-refractivity contribution in [1.29, 1.82) is 0 Å². The van der Waals surface area contributed by atoms with Crippen LogP contribution in [0, 0.1) is 0 Å². The van der Waals surface area contributed by atoms with Crippen LogP contribution in [-0.2, 0) is 13.0 Å². The molecule has 0 fully saturated rings. The van der Waals surface area contributed by atoms with Gasteiger partial charge in [0.1, 0.15) is 0 Å². The molecule has 0 aliphatic carbocycles. The maximum atomic E-state index is 6.36. The molecule has 21 heavy (non-hydrogen) atoms. The third kappa shape index (κ3) is 4.73. The van der Waals surface area contributed by atoms with E-state index >= 15 is 0 Å². The zero-order valence-electron chi connectivity index (χ0n) is 12.3. The van der Waals surface area contributed by atoms with E-state index in [9.17, 15) is 0 Å². The molecule has 0 aliphatic heterocycles. The second kappa shape index (κ2) is 7.30. The predicted octanol–water partition coefficient (Wildman–Crippen LogP) is 4.63. The minimum absolute atomic E-state index is 0.118. The zero-order chi connectivity index (χ0) is 15.4. The van der Waals surface area contributed by atoms with Crippen molar-refractivity contribution in [2.45, 2.75) is 25.9 Å². The van der Waals surface area contributed by atoms with E-state index in [4.69, 9.17) is 17.3 Å². The smallest absolute Gasteiger partial charge is 0.0459 e. The first kappa shape index (κ1) is 16.3. The van der Waals surface area contributed by atoms with E-state index in [0.717, 1.165) is 33.7 Å². The van der Waals surface area contributed by atoms with E-state index in [-0.39, 0.29) is 6.04 Å². The highest BCUT2D eigenvalue weighted by Gasteiger charge is 2.08. The van der Waals surface area contributed by atoms with Gasteiger partial charge in [0.2, 0.25) is 0 Å². The highest BCUT2D eigenvalue weighted by molar-refractivity contribution is 9.10. The van der Waals surface area contributed by atoms with Gasteiger partial charge >= 0.3 is 0 Å². The van der Waals surface area contributed by atoms with E-state index in [0.29, 0.717) is 0 Å². The number of anilines is 1. The van der Waals surface area contributed by atoms with E-state index in [1.165, 1.54) is 5.56 Å². The molecule has 1 unspecified atom stereocenters. The predicted molar refractivity (Wildman–Crippen MR) is 95.1 cm³/mol. The van der Waals surface area contributed by atoms with Gasteiger partial charge in [-0.1, -0.05) is 45.7 Å². The Morgan fingerprint density at radius 3 is 2.62 bits per heavy atom. The van der Waals surface area contributed by atoms with Crippen molar-refractivity contribution in [1.82, 2.24) is 0 Å². The molecular weight excluding hydrogens is 348 g/mol. The standard InChI is InChI=1S/C17H20BrClN2/c1-12(20)8-14-6-7-16(10-17(14)19)21(2)11-13-4-3-5-15(18)9-13/h3-7,9-10,12H,8,11,20H2,1-2H3. The van der Waals surface area contributed by atoms with Crippen LogP contribution < -0.4 is 10.6 Å². The van der Waals surface area contributed by atoms with Crippen molar-refractivity contribution in [3.05, 3.63) is 63.1 Å². The average molecular weight is 368 g/mol. The van der Waals surface area contributed by atoms with E-state index in [1.54, 1.807) is 0 Å². The molecule has 1 atom stereocenters. The Kier molecular flexibility index (Phi) is 5.68. The summed E-state index contributed by atoms with van der Waals surface area (Å²) < 4.78 is 1.10. The van der Waals surface area contributed by atoms with Crippen molar-refractivity contribution in [3.8, 4) is 0 Å². The molecule has 0 saturated heterocycles. The van der Waals surface area contributed by atoms with Crippen LogP contribution in [0.3, 0.4) is 0 Å². The van der Waals surface area contributed by atoms with Gasteiger partial charge in [-0.05, 0) is 48.7 Å². The molecule has 0 aromatic heterocycles. The molecule has 0 aliphatic rings. The molecule has 0 amide bonds. The van der Waals surface area contributed by atoms with Crippen LogP contribution in [0.2, 0.25) is 5.02 Å². The molecule has 2 N–H and O–H groups in total. The molecule has 0 saturated carbocycles. The van der Waals surface area contributed by atoms with Gasteiger partial charge in [-0.25, -0.2) is 0 Å². The summed E-state index contributed by atoms with van der Waals surface area (Å²) in [5, 5.41) is 0.783. The van der Waals surface area contributed by atoms with Gasteiger partial charge in [0.15, 0.2) is 0 Å². The molecule has 2 nitrogen and oxygen atoms in total. The first-order valence-electron chi connectivity index (χ1n) is 6.95. The SMILES string of the molecule is CC(N)Cc1ccc(N(C)Cc2cccc(Br)c2)cc1Cl. The second-order valence-electron chi connectivity index (χ2n) is 5.44. The van der Waals surface area contributed by atoms with Crippen LogP contribution in [0.25, 0.3) is 0 Å². The normalized spacial score (nSPS) is 12.2. The van der Waals surface area contributed by atoms with Crippen LogP contribution in [-0.4, -0.2) is 13.1 Å². The zero-order valence-corrected chi connectivity index (χ0v) is 14.7. The van der Waals surface area contributed by atoms with Crippen molar-refractivity contribution >= 4 is 33.2 Å². The summed E-state index contributed by atoms with van der Waals surface area (Å²) in [7, 11) is 2.07. The number of nitrogens with zero attached hydrogens (tertiary/aromatic N) is 1. The third-order valence-corrected chi connectivity index (χ3v) is 4.17. The topological polar surface area (TPSA) is 29.3 Å². The summed E-state index contributed by atoms with van der Waals surface area (Å²) in [5.74, 6) is 0. The van der Waals surface area contributed by atoms with E-state index in [1.807, 2.05) is 25.1 Å². The lowest BCUT2D eigenvalue weighted by molar-refractivity contribution is 0.738. The Labute approximate surface area is 140 Å². The molecule has 2 aromatic rings. The summed E-state index contributed by atoms with van der Waals surface area (Å²) in [6.07, 6.45) is 0.800. The van der Waals surface area contributed by atoms with Crippen LogP contribution in [0.1, 0.15) is 18.1 Å². The van der Waals surface area contributed by atoms with Gasteiger partial charge in [-0.3, -0.25) is 0 Å². The lowest BCUT2D eigenvalue weighted by atomic mass is 10.1. The molecule has 112 valence electrons. The number of benzene rings is 2. The second-order valence-corrected chi connectivity index (χ2v) is 6.77. The number of hydrogen-bond donors (Lipinski definition) is 1. The number of nitrogens with two attached hydrogens (primary N) is 1. The van der Waals surface area contributed by atoms with E-state index < -0.39 is 0 Å². The molecule has 0 bridgehead atoms. The summed E-state index contributed by atoms with van der Waals surface area (Å²) in [6.45, 7) is 2.83. The summed E-state index contributed by atoms with van der Waals surface area (Å²) in [5.41, 5.74) is 9.29. The third-order valence-electron chi connectivity index (χ3n) is 3.33. The quantitative estimate of drug-likeness (QED) is 0.835. The van der Waals surface area contributed by atoms with Gasteiger partial charge in [0.05, 0.1) is 0 Å². The van der Waals surface area contributed by atoms with Gasteiger partial charge in [-0.2, -0.15) is 0 Å². The number of rotatable bonds is 5. The Hall–Kier alpha value is -1.03. The van der Waals surface area contributed by atoms with Crippen LogP contribution in [0.15, 0.2) is 46.9 Å². The highest BCUT2D eigenvalue weighted by Crippen LogP contribution is 2.25. The maximum absolute atomic E-state index is 6.36. The summed E-state index contributed by atoms with van der Waals surface area (Å²) >= 11 is 9.86. The molecular formula is C17H20BrClN2. The lowest BCUT2D eigenvalue weighted by Gasteiger charge is -2.21. The summed E-state index contributed by atoms with van der Waals surface area (Å²) in [4.78, 5) is 2.18. The van der Waals surface area contributed by atoms with E-state index in [2.05, 4.69) is 52.1 Å². The van der Waals surface area contributed by atoms with Gasteiger partial charge in [0.25, 0.3) is 0 Å². The van der Waals surface area contributed by atoms with Crippen molar-refractivity contribution < 1.29 is 0 Å². The molecule has 4 heteroatoms. The van der Waals surface area contributed by atoms with Gasteiger partial charge in [-0.15, -0.1) is 0 Å². The average Bonchev–Trinajstić information content (AvgIpc) is 2.40. The van der Waals surface area contributed by atoms with Gasteiger partial charge < -0.3 is 10.6 Å². The number of hydrogen-bond acceptors (Lipinski definition) is 2. The highest BCUT2D eigenvalue weighted by atomic mass is 79.9. The molecule has 0 heterocycles.